The number of carbonyl (C=O) groups is 1. The number of aromatic nitrogens is 2. The first kappa shape index (κ1) is 24.6. The van der Waals surface area contributed by atoms with Crippen molar-refractivity contribution in [2.45, 2.75) is 30.6 Å². The SMILES string of the molecule is N[C@@H](CP(=O)(O)O)C(=O)OC[C@H]1O[C@@H](n2ccc(=O)[nH]c2=O)[C@H](O)[C@@H]1OP(N)(=O)O. The van der Waals surface area contributed by atoms with E-state index in [1.807, 2.05) is 4.98 Å². The van der Waals surface area contributed by atoms with Gasteiger partial charge in [-0.1, -0.05) is 0 Å². The summed E-state index contributed by atoms with van der Waals surface area (Å²) in [5.41, 5.74) is 8.56. The molecule has 170 valence electrons. The summed E-state index contributed by atoms with van der Waals surface area (Å²) in [7, 11) is -9.28. The number of carbonyl (C=O) groups excluding carboxylic acids is 1. The van der Waals surface area contributed by atoms with E-state index in [-0.39, 0.29) is 0 Å². The summed E-state index contributed by atoms with van der Waals surface area (Å²) < 4.78 is 37.9. The molecule has 1 saturated heterocycles. The Kier molecular flexibility index (Phi) is 7.53. The van der Waals surface area contributed by atoms with Crippen molar-refractivity contribution in [3.8, 4) is 0 Å². The van der Waals surface area contributed by atoms with Gasteiger partial charge in [0.05, 0.1) is 6.16 Å². The van der Waals surface area contributed by atoms with E-state index in [0.717, 1.165) is 16.8 Å². The topological polar surface area (TPSA) is 267 Å². The molecule has 9 N–H and O–H groups in total. The lowest BCUT2D eigenvalue weighted by Gasteiger charge is -2.22. The Morgan fingerprint density at radius 2 is 1.97 bits per heavy atom. The standard InChI is InChI=1S/C12H20N4O12P2/c13-5(4-29(21,22)23)11(19)26-3-6-9(28-30(14,24)25)8(18)10(27-6)16-2-1-7(17)15-12(16)20/h1-2,5-6,8-10,18H,3-4,13H2,(H3,14,24,25)(H,15,17,20)(H2,21,22,23)/t5-,6+,8+,9+,10+/m0/s1. The number of nitrogens with one attached hydrogen (secondary N) is 1. The number of nitrogens with two attached hydrogens (primary N) is 2. The maximum Gasteiger partial charge on any atom is 0.400 e. The van der Waals surface area contributed by atoms with Crippen LogP contribution in [-0.4, -0.2) is 72.4 Å². The lowest BCUT2D eigenvalue weighted by Crippen LogP contribution is -2.41. The molecule has 0 aliphatic carbocycles. The average Bonchev–Trinajstić information content (AvgIpc) is 2.86. The van der Waals surface area contributed by atoms with E-state index in [1.54, 1.807) is 0 Å². The van der Waals surface area contributed by atoms with Crippen LogP contribution in [0.5, 0.6) is 0 Å². The number of nitrogens with zero attached hydrogens (tertiary/aromatic N) is 1. The highest BCUT2D eigenvalue weighted by Crippen LogP contribution is 2.41. The van der Waals surface area contributed by atoms with Crippen LogP contribution in [0.2, 0.25) is 0 Å². The quantitative estimate of drug-likeness (QED) is 0.141. The smallest absolute Gasteiger partial charge is 0.400 e. The van der Waals surface area contributed by atoms with Gasteiger partial charge in [0.15, 0.2) is 6.23 Å². The van der Waals surface area contributed by atoms with Crippen LogP contribution in [0.1, 0.15) is 6.23 Å². The molecule has 0 aromatic carbocycles. The number of ether oxygens (including phenoxy) is 2. The van der Waals surface area contributed by atoms with E-state index in [2.05, 4.69) is 0 Å². The first-order valence-electron chi connectivity index (χ1n) is 8.09. The van der Waals surface area contributed by atoms with E-state index in [4.69, 9.17) is 35.0 Å². The maximum atomic E-state index is 11.9. The molecular weight excluding hydrogens is 454 g/mol. The molecule has 1 aromatic heterocycles. The van der Waals surface area contributed by atoms with Crippen LogP contribution in [-0.2, 0) is 27.9 Å². The number of esters is 1. The highest BCUT2D eigenvalue weighted by atomic mass is 31.2. The summed E-state index contributed by atoms with van der Waals surface area (Å²) in [4.78, 5) is 63.8. The van der Waals surface area contributed by atoms with Gasteiger partial charge in [0.2, 0.25) is 0 Å². The fourth-order valence-corrected chi connectivity index (χ4v) is 3.89. The van der Waals surface area contributed by atoms with Gasteiger partial charge in [-0.2, -0.15) is 0 Å². The number of aromatic amines is 1. The highest BCUT2D eigenvalue weighted by molar-refractivity contribution is 7.51. The Bertz CT molecular complexity index is 982. The van der Waals surface area contributed by atoms with Crippen LogP contribution >= 0.6 is 15.3 Å². The van der Waals surface area contributed by atoms with Gasteiger partial charge >= 0.3 is 27.0 Å². The van der Waals surface area contributed by atoms with Crippen LogP contribution in [0.15, 0.2) is 21.9 Å². The number of hydrogen-bond donors (Lipinski definition) is 7. The minimum atomic E-state index is -4.68. The summed E-state index contributed by atoms with van der Waals surface area (Å²) in [5, 5.41) is 10.4. The first-order chi connectivity index (χ1) is 13.7. The molecule has 0 bridgehead atoms. The first-order valence-corrected chi connectivity index (χ1v) is 11.5. The van der Waals surface area contributed by atoms with Crippen molar-refractivity contribution in [3.63, 3.8) is 0 Å². The monoisotopic (exact) mass is 474 g/mol. The van der Waals surface area contributed by atoms with E-state index >= 15 is 0 Å². The summed E-state index contributed by atoms with van der Waals surface area (Å²) >= 11 is 0. The largest absolute Gasteiger partial charge is 0.462 e. The van der Waals surface area contributed by atoms with Crippen LogP contribution in [0.3, 0.4) is 0 Å². The van der Waals surface area contributed by atoms with E-state index < -0.39 is 75.9 Å². The molecule has 0 amide bonds. The summed E-state index contributed by atoms with van der Waals surface area (Å²) in [6.07, 6.45) is -6.43. The molecule has 0 spiro atoms. The van der Waals surface area contributed by atoms with E-state index in [1.165, 1.54) is 0 Å². The van der Waals surface area contributed by atoms with Crippen LogP contribution in [0.4, 0.5) is 0 Å². The lowest BCUT2D eigenvalue weighted by atomic mass is 10.1. The van der Waals surface area contributed by atoms with Crippen molar-refractivity contribution in [1.29, 1.82) is 0 Å². The number of H-pyrrole nitrogens is 1. The Balaban J connectivity index is 2.20. The molecule has 30 heavy (non-hydrogen) atoms. The zero-order valence-corrected chi connectivity index (χ0v) is 16.8. The molecule has 1 aliphatic rings. The van der Waals surface area contributed by atoms with Crippen LogP contribution in [0, 0.1) is 0 Å². The van der Waals surface area contributed by atoms with Crippen molar-refractivity contribution in [3.05, 3.63) is 33.1 Å². The highest BCUT2D eigenvalue weighted by Gasteiger charge is 2.48. The third kappa shape index (κ3) is 6.65. The Morgan fingerprint density at radius 3 is 2.50 bits per heavy atom. The number of rotatable bonds is 8. The third-order valence-electron chi connectivity index (χ3n) is 3.83. The minimum absolute atomic E-state index is 0.733. The van der Waals surface area contributed by atoms with Gasteiger partial charge in [0.1, 0.15) is 31.0 Å². The molecule has 2 heterocycles. The lowest BCUT2D eigenvalue weighted by molar-refractivity contribution is -0.151. The normalized spacial score (nSPS) is 27.4. The number of aliphatic hydroxyl groups is 1. The predicted molar refractivity (Wildman–Crippen MR) is 96.0 cm³/mol. The molecule has 0 radical (unpaired) electrons. The van der Waals surface area contributed by atoms with Crippen molar-refractivity contribution in [1.82, 2.24) is 9.55 Å². The zero-order chi connectivity index (χ0) is 22.9. The average molecular weight is 474 g/mol. The fraction of sp³-hybridized carbons (Fsp3) is 0.583. The summed E-state index contributed by atoms with van der Waals surface area (Å²) in [6, 6.07) is -0.741. The predicted octanol–water partition coefficient (Wildman–Crippen LogP) is -3.71. The number of aliphatic hydroxyl groups excluding tert-OH is 1. The molecule has 6 atom stereocenters. The third-order valence-corrected chi connectivity index (χ3v) is 5.25. The minimum Gasteiger partial charge on any atom is -0.462 e. The summed E-state index contributed by atoms with van der Waals surface area (Å²) in [5.74, 6) is -1.24. The van der Waals surface area contributed by atoms with Gasteiger partial charge in [-0.15, -0.1) is 0 Å². The van der Waals surface area contributed by atoms with E-state index in [0.29, 0.717) is 0 Å². The summed E-state index contributed by atoms with van der Waals surface area (Å²) in [6.45, 7) is -0.746. The molecule has 16 nitrogen and oxygen atoms in total. The molecule has 1 unspecified atom stereocenters. The van der Waals surface area contributed by atoms with E-state index in [9.17, 15) is 33.5 Å². The second-order valence-corrected chi connectivity index (χ2v) is 9.32. The molecule has 1 aliphatic heterocycles. The van der Waals surface area contributed by atoms with Crippen LogP contribution < -0.4 is 22.5 Å². The van der Waals surface area contributed by atoms with Crippen LogP contribution in [0.25, 0.3) is 0 Å². The van der Waals surface area contributed by atoms with Crippen molar-refractivity contribution < 1.29 is 47.7 Å². The maximum absolute atomic E-state index is 11.9. The van der Waals surface area contributed by atoms with Crippen molar-refractivity contribution >= 4 is 21.3 Å². The van der Waals surface area contributed by atoms with Crippen molar-refractivity contribution in [2.75, 3.05) is 12.8 Å². The Morgan fingerprint density at radius 1 is 1.33 bits per heavy atom. The fourth-order valence-electron chi connectivity index (χ4n) is 2.62. The molecule has 0 saturated carbocycles. The van der Waals surface area contributed by atoms with Gasteiger partial charge in [0, 0.05) is 12.3 Å². The Labute approximate surface area is 167 Å². The second kappa shape index (κ2) is 9.20. The second-order valence-electron chi connectivity index (χ2n) is 6.29. The number of hydrogen-bond acceptors (Lipinski definition) is 10. The van der Waals surface area contributed by atoms with Crippen molar-refractivity contribution in [2.24, 2.45) is 11.2 Å². The molecule has 2 rings (SSSR count). The van der Waals surface area contributed by atoms with Gasteiger partial charge in [-0.05, 0) is 0 Å². The molecule has 1 aromatic rings. The van der Waals surface area contributed by atoms with Gasteiger partial charge in [-0.3, -0.25) is 28.2 Å². The zero-order valence-electron chi connectivity index (χ0n) is 15.0. The Hall–Kier alpha value is -1.71. The molecule has 1 fully saturated rings. The van der Waals surface area contributed by atoms with Gasteiger partial charge in [-0.25, -0.2) is 14.9 Å². The molecular formula is C12H20N4O12P2. The van der Waals surface area contributed by atoms with Gasteiger partial charge in [0.25, 0.3) is 5.56 Å². The molecule has 18 heteroatoms. The van der Waals surface area contributed by atoms with Gasteiger partial charge < -0.3 is 35.0 Å².